The number of rotatable bonds is 3. The third-order valence-electron chi connectivity index (χ3n) is 2.41. The average Bonchev–Trinajstić information content (AvgIpc) is 2.68. The van der Waals surface area contributed by atoms with Gasteiger partial charge in [0.05, 0.1) is 5.69 Å². The van der Waals surface area contributed by atoms with Gasteiger partial charge in [0.2, 0.25) is 5.88 Å². The number of carbonyl (C=O) groups excluding carboxylic acids is 1. The van der Waals surface area contributed by atoms with E-state index in [1.165, 1.54) is 0 Å². The number of nitrogens with zero attached hydrogens (tertiary/aromatic N) is 1. The summed E-state index contributed by atoms with van der Waals surface area (Å²) in [7, 11) is 0. The Morgan fingerprint density at radius 2 is 2.22 bits per heavy atom. The standard InChI is InChI=1S/C12H11BrN2O3/c1-7-10(11(14)18-15-7)12(16)17-6-8-4-2-3-5-9(8)13/h2-5H,6,14H2,1H3. The highest BCUT2D eigenvalue weighted by atomic mass is 79.9. The molecule has 0 radical (unpaired) electrons. The maximum Gasteiger partial charge on any atom is 0.346 e. The summed E-state index contributed by atoms with van der Waals surface area (Å²) < 4.78 is 10.8. The number of ether oxygens (including phenoxy) is 1. The molecule has 0 aliphatic heterocycles. The van der Waals surface area contributed by atoms with Gasteiger partial charge in [-0.3, -0.25) is 0 Å². The summed E-state index contributed by atoms with van der Waals surface area (Å²) in [6.45, 7) is 1.79. The molecular weight excluding hydrogens is 300 g/mol. The Labute approximate surface area is 112 Å². The van der Waals surface area contributed by atoms with Crippen LogP contribution in [-0.2, 0) is 11.3 Å². The Bertz CT molecular complexity index is 561. The fourth-order valence-electron chi connectivity index (χ4n) is 1.47. The Morgan fingerprint density at radius 1 is 1.50 bits per heavy atom. The zero-order chi connectivity index (χ0) is 13.1. The molecule has 2 N–H and O–H groups in total. The number of aryl methyl sites for hydroxylation is 1. The van der Waals surface area contributed by atoms with E-state index in [0.717, 1.165) is 10.0 Å². The second kappa shape index (κ2) is 5.22. The molecule has 0 saturated heterocycles. The Balaban J connectivity index is 2.08. The average molecular weight is 311 g/mol. The molecule has 0 atom stereocenters. The van der Waals surface area contributed by atoms with E-state index in [1.54, 1.807) is 6.92 Å². The van der Waals surface area contributed by atoms with Gasteiger partial charge in [0.1, 0.15) is 12.2 Å². The van der Waals surface area contributed by atoms with Crippen molar-refractivity contribution in [3.05, 3.63) is 45.6 Å². The van der Waals surface area contributed by atoms with Crippen molar-refractivity contribution in [1.29, 1.82) is 0 Å². The molecule has 5 nitrogen and oxygen atoms in total. The van der Waals surface area contributed by atoms with Crippen LogP contribution in [0.5, 0.6) is 0 Å². The minimum absolute atomic E-state index is 0.0235. The number of nitrogens with two attached hydrogens (primary N) is 1. The molecule has 0 fully saturated rings. The molecule has 0 aliphatic carbocycles. The third kappa shape index (κ3) is 2.53. The van der Waals surface area contributed by atoms with Gasteiger partial charge in [0, 0.05) is 10.0 Å². The first kappa shape index (κ1) is 12.6. The molecule has 1 aromatic heterocycles. The van der Waals surface area contributed by atoms with Crippen molar-refractivity contribution < 1.29 is 14.1 Å². The van der Waals surface area contributed by atoms with Crippen molar-refractivity contribution in [3.8, 4) is 0 Å². The van der Waals surface area contributed by atoms with E-state index in [0.29, 0.717) is 5.69 Å². The van der Waals surface area contributed by atoms with Gasteiger partial charge in [-0.2, -0.15) is 0 Å². The highest BCUT2D eigenvalue weighted by molar-refractivity contribution is 9.10. The summed E-state index contributed by atoms with van der Waals surface area (Å²) in [4.78, 5) is 11.8. The summed E-state index contributed by atoms with van der Waals surface area (Å²) in [5.41, 5.74) is 6.98. The minimum Gasteiger partial charge on any atom is -0.457 e. The smallest absolute Gasteiger partial charge is 0.346 e. The minimum atomic E-state index is -0.540. The van der Waals surface area contributed by atoms with E-state index in [2.05, 4.69) is 21.1 Å². The molecular formula is C12H11BrN2O3. The number of esters is 1. The van der Waals surface area contributed by atoms with Crippen molar-refractivity contribution in [2.45, 2.75) is 13.5 Å². The second-order valence-corrected chi connectivity index (χ2v) is 4.53. The van der Waals surface area contributed by atoms with Crippen LogP contribution in [0.1, 0.15) is 21.6 Å². The molecule has 6 heteroatoms. The van der Waals surface area contributed by atoms with Gasteiger partial charge in [0.15, 0.2) is 0 Å². The number of hydrogen-bond donors (Lipinski definition) is 1. The lowest BCUT2D eigenvalue weighted by atomic mass is 10.2. The Kier molecular flexibility index (Phi) is 3.66. The number of benzene rings is 1. The molecule has 0 aliphatic rings. The highest BCUT2D eigenvalue weighted by Gasteiger charge is 2.20. The molecule has 94 valence electrons. The van der Waals surface area contributed by atoms with Crippen LogP contribution in [-0.4, -0.2) is 11.1 Å². The van der Waals surface area contributed by atoms with Gasteiger partial charge in [-0.05, 0) is 13.0 Å². The van der Waals surface area contributed by atoms with Crippen LogP contribution in [0.3, 0.4) is 0 Å². The van der Waals surface area contributed by atoms with E-state index >= 15 is 0 Å². The van der Waals surface area contributed by atoms with Crippen LogP contribution < -0.4 is 5.73 Å². The van der Waals surface area contributed by atoms with Crippen molar-refractivity contribution in [2.24, 2.45) is 0 Å². The summed E-state index contributed by atoms with van der Waals surface area (Å²) >= 11 is 3.38. The number of hydrogen-bond acceptors (Lipinski definition) is 5. The second-order valence-electron chi connectivity index (χ2n) is 3.67. The predicted molar refractivity (Wildman–Crippen MR) is 68.9 cm³/mol. The molecule has 0 amide bonds. The van der Waals surface area contributed by atoms with Gasteiger partial charge in [-0.1, -0.05) is 39.3 Å². The largest absolute Gasteiger partial charge is 0.457 e. The summed E-state index contributed by atoms with van der Waals surface area (Å²) in [5, 5.41) is 3.60. The van der Waals surface area contributed by atoms with Crippen LogP contribution in [0, 0.1) is 6.92 Å². The molecule has 0 saturated carbocycles. The molecule has 0 spiro atoms. The predicted octanol–water partition coefficient (Wildman–Crippen LogP) is 2.68. The van der Waals surface area contributed by atoms with Crippen molar-refractivity contribution >= 4 is 27.8 Å². The lowest BCUT2D eigenvalue weighted by Crippen LogP contribution is -2.08. The molecule has 0 bridgehead atoms. The molecule has 2 aromatic rings. The molecule has 1 aromatic carbocycles. The maximum absolute atomic E-state index is 11.8. The summed E-state index contributed by atoms with van der Waals surface area (Å²) in [6.07, 6.45) is 0. The number of anilines is 1. The van der Waals surface area contributed by atoms with Gasteiger partial charge < -0.3 is 15.0 Å². The SMILES string of the molecule is Cc1noc(N)c1C(=O)OCc1ccccc1Br. The molecule has 1 heterocycles. The van der Waals surface area contributed by atoms with E-state index in [-0.39, 0.29) is 18.1 Å². The number of halogens is 1. The van der Waals surface area contributed by atoms with E-state index in [9.17, 15) is 4.79 Å². The quantitative estimate of drug-likeness (QED) is 0.882. The summed E-state index contributed by atoms with van der Waals surface area (Å²) in [5.74, 6) is -0.563. The number of carbonyl (C=O) groups is 1. The fraction of sp³-hybridized carbons (Fsp3) is 0.167. The first-order chi connectivity index (χ1) is 8.59. The first-order valence-corrected chi connectivity index (χ1v) is 6.01. The van der Waals surface area contributed by atoms with E-state index in [4.69, 9.17) is 15.0 Å². The topological polar surface area (TPSA) is 78.4 Å². The third-order valence-corrected chi connectivity index (χ3v) is 3.18. The van der Waals surface area contributed by atoms with Gasteiger partial charge >= 0.3 is 5.97 Å². The zero-order valence-corrected chi connectivity index (χ0v) is 11.2. The number of aromatic nitrogens is 1. The Morgan fingerprint density at radius 3 is 2.83 bits per heavy atom. The fourth-order valence-corrected chi connectivity index (χ4v) is 1.87. The lowest BCUT2D eigenvalue weighted by Gasteiger charge is -2.05. The van der Waals surface area contributed by atoms with Gasteiger partial charge in [-0.15, -0.1) is 0 Å². The van der Waals surface area contributed by atoms with Crippen LogP contribution in [0.2, 0.25) is 0 Å². The van der Waals surface area contributed by atoms with E-state index in [1.807, 2.05) is 24.3 Å². The van der Waals surface area contributed by atoms with Crippen molar-refractivity contribution in [3.63, 3.8) is 0 Å². The van der Waals surface area contributed by atoms with Crippen LogP contribution in [0.4, 0.5) is 5.88 Å². The van der Waals surface area contributed by atoms with Crippen LogP contribution in [0.15, 0.2) is 33.3 Å². The van der Waals surface area contributed by atoms with Gasteiger partial charge in [0.25, 0.3) is 0 Å². The van der Waals surface area contributed by atoms with Crippen molar-refractivity contribution in [1.82, 2.24) is 5.16 Å². The molecule has 18 heavy (non-hydrogen) atoms. The monoisotopic (exact) mass is 310 g/mol. The number of nitrogen functional groups attached to an aromatic ring is 1. The van der Waals surface area contributed by atoms with E-state index < -0.39 is 5.97 Å². The lowest BCUT2D eigenvalue weighted by molar-refractivity contribution is 0.0472. The summed E-state index contributed by atoms with van der Waals surface area (Å²) in [6, 6.07) is 7.49. The Hall–Kier alpha value is -1.82. The highest BCUT2D eigenvalue weighted by Crippen LogP contribution is 2.20. The zero-order valence-electron chi connectivity index (χ0n) is 9.64. The maximum atomic E-state index is 11.8. The van der Waals surface area contributed by atoms with Crippen LogP contribution >= 0.6 is 15.9 Å². The molecule has 0 unspecified atom stereocenters. The van der Waals surface area contributed by atoms with Crippen LogP contribution in [0.25, 0.3) is 0 Å². The first-order valence-electron chi connectivity index (χ1n) is 5.22. The van der Waals surface area contributed by atoms with Crippen molar-refractivity contribution in [2.75, 3.05) is 5.73 Å². The normalized spacial score (nSPS) is 10.3. The molecule has 2 rings (SSSR count). The van der Waals surface area contributed by atoms with Gasteiger partial charge in [-0.25, -0.2) is 4.79 Å².